The first-order valence-electron chi connectivity index (χ1n) is 6.75. The molecule has 0 saturated carbocycles. The molecule has 0 aliphatic rings. The van der Waals surface area contributed by atoms with Crippen molar-refractivity contribution in [3.8, 4) is 0 Å². The highest BCUT2D eigenvalue weighted by Crippen LogP contribution is 2.19. The van der Waals surface area contributed by atoms with E-state index in [2.05, 4.69) is 18.7 Å². The van der Waals surface area contributed by atoms with Crippen LogP contribution in [0.15, 0.2) is 24.3 Å². The lowest BCUT2D eigenvalue weighted by Crippen LogP contribution is -2.37. The van der Waals surface area contributed by atoms with Gasteiger partial charge < -0.3 is 9.84 Å². The van der Waals surface area contributed by atoms with Gasteiger partial charge in [0.2, 0.25) is 0 Å². The van der Waals surface area contributed by atoms with Gasteiger partial charge in [0.15, 0.2) is 0 Å². The molecular weight excluding hydrogens is 262 g/mol. The maximum atomic E-state index is 10.2. The third-order valence-corrected chi connectivity index (χ3v) is 3.63. The molecule has 0 heterocycles. The van der Waals surface area contributed by atoms with E-state index in [0.717, 1.165) is 18.7 Å². The minimum Gasteiger partial charge on any atom is -0.388 e. The number of aliphatic hydroxyl groups excluding tert-OH is 1. The average molecular weight is 286 g/mol. The summed E-state index contributed by atoms with van der Waals surface area (Å²) in [4.78, 5) is 2.31. The molecule has 108 valence electrons. The maximum absolute atomic E-state index is 10.2. The van der Waals surface area contributed by atoms with Crippen molar-refractivity contribution in [2.45, 2.75) is 32.4 Å². The van der Waals surface area contributed by atoms with E-state index in [9.17, 15) is 5.11 Å². The molecule has 2 atom stereocenters. The van der Waals surface area contributed by atoms with Crippen molar-refractivity contribution in [2.24, 2.45) is 0 Å². The van der Waals surface area contributed by atoms with E-state index >= 15 is 0 Å². The summed E-state index contributed by atoms with van der Waals surface area (Å²) in [5, 5.41) is 10.9. The number of benzene rings is 1. The zero-order valence-corrected chi connectivity index (χ0v) is 12.7. The number of halogens is 1. The predicted octanol–water partition coefficient (Wildman–Crippen LogP) is 3.12. The van der Waals surface area contributed by atoms with Crippen molar-refractivity contribution in [2.75, 3.05) is 26.8 Å². The standard InChI is InChI=1S/C15H24ClNO2/c1-4-17(12(2)11-19-3)10-9-15(18)13-5-7-14(16)8-6-13/h5-8,12,15,18H,4,9-11H2,1-3H3. The molecule has 0 amide bonds. The van der Waals surface area contributed by atoms with Gasteiger partial charge in [0.1, 0.15) is 0 Å². The Morgan fingerprint density at radius 1 is 1.32 bits per heavy atom. The molecule has 19 heavy (non-hydrogen) atoms. The number of methoxy groups -OCH3 is 1. The Bertz CT molecular complexity index is 356. The molecule has 0 aliphatic heterocycles. The first-order valence-corrected chi connectivity index (χ1v) is 7.12. The van der Waals surface area contributed by atoms with Crippen LogP contribution in [0, 0.1) is 0 Å². The molecule has 1 N–H and O–H groups in total. The fourth-order valence-corrected chi connectivity index (χ4v) is 2.30. The van der Waals surface area contributed by atoms with Crippen molar-refractivity contribution in [1.82, 2.24) is 4.90 Å². The van der Waals surface area contributed by atoms with Crippen LogP contribution in [0.5, 0.6) is 0 Å². The van der Waals surface area contributed by atoms with Gasteiger partial charge in [-0.25, -0.2) is 0 Å². The molecular formula is C15H24ClNO2. The molecule has 0 radical (unpaired) electrons. The summed E-state index contributed by atoms with van der Waals surface area (Å²) < 4.78 is 5.17. The summed E-state index contributed by atoms with van der Waals surface area (Å²) in [6.07, 6.45) is 0.268. The van der Waals surface area contributed by atoms with Crippen LogP contribution in [0.4, 0.5) is 0 Å². The van der Waals surface area contributed by atoms with E-state index in [1.165, 1.54) is 0 Å². The Morgan fingerprint density at radius 2 is 1.95 bits per heavy atom. The Morgan fingerprint density at radius 3 is 2.47 bits per heavy atom. The second kappa shape index (κ2) is 8.54. The highest BCUT2D eigenvalue weighted by atomic mass is 35.5. The number of rotatable bonds is 8. The van der Waals surface area contributed by atoms with Gasteiger partial charge in [-0.3, -0.25) is 4.90 Å². The number of likely N-dealkylation sites (N-methyl/N-ethyl adjacent to an activating group) is 1. The topological polar surface area (TPSA) is 32.7 Å². The third kappa shape index (κ3) is 5.49. The van der Waals surface area contributed by atoms with E-state index < -0.39 is 6.10 Å². The van der Waals surface area contributed by atoms with Crippen LogP contribution < -0.4 is 0 Å². The molecule has 1 aromatic rings. The van der Waals surface area contributed by atoms with Gasteiger partial charge in [-0.2, -0.15) is 0 Å². The summed E-state index contributed by atoms with van der Waals surface area (Å²) in [5.74, 6) is 0. The number of aliphatic hydroxyl groups is 1. The predicted molar refractivity (Wildman–Crippen MR) is 79.6 cm³/mol. The van der Waals surface area contributed by atoms with E-state index in [1.807, 2.05) is 24.3 Å². The Balaban J connectivity index is 2.47. The zero-order chi connectivity index (χ0) is 14.3. The highest BCUT2D eigenvalue weighted by Gasteiger charge is 2.14. The van der Waals surface area contributed by atoms with Crippen molar-refractivity contribution < 1.29 is 9.84 Å². The van der Waals surface area contributed by atoms with Gasteiger partial charge in [0.25, 0.3) is 0 Å². The van der Waals surface area contributed by atoms with Gasteiger partial charge in [-0.15, -0.1) is 0 Å². The smallest absolute Gasteiger partial charge is 0.0802 e. The lowest BCUT2D eigenvalue weighted by Gasteiger charge is -2.28. The Kier molecular flexibility index (Phi) is 7.39. The fraction of sp³-hybridized carbons (Fsp3) is 0.600. The van der Waals surface area contributed by atoms with Crippen molar-refractivity contribution in [3.05, 3.63) is 34.9 Å². The quantitative estimate of drug-likeness (QED) is 0.797. The zero-order valence-electron chi connectivity index (χ0n) is 12.0. The van der Waals surface area contributed by atoms with Crippen molar-refractivity contribution in [1.29, 1.82) is 0 Å². The van der Waals surface area contributed by atoms with Gasteiger partial charge >= 0.3 is 0 Å². The Hall–Kier alpha value is -0.610. The molecule has 0 spiro atoms. The van der Waals surface area contributed by atoms with Gasteiger partial charge in [0.05, 0.1) is 12.7 Å². The van der Waals surface area contributed by atoms with Crippen LogP contribution in [-0.2, 0) is 4.74 Å². The molecule has 1 rings (SSSR count). The lowest BCUT2D eigenvalue weighted by molar-refractivity contribution is 0.0841. The van der Waals surface area contributed by atoms with Crippen LogP contribution in [0.1, 0.15) is 31.9 Å². The van der Waals surface area contributed by atoms with Crippen molar-refractivity contribution in [3.63, 3.8) is 0 Å². The minimum absolute atomic E-state index is 0.368. The van der Waals surface area contributed by atoms with Crippen LogP contribution in [0.2, 0.25) is 5.02 Å². The van der Waals surface area contributed by atoms with E-state index in [-0.39, 0.29) is 0 Å². The van der Waals surface area contributed by atoms with Crippen LogP contribution >= 0.6 is 11.6 Å². The molecule has 3 nitrogen and oxygen atoms in total. The van der Waals surface area contributed by atoms with E-state index in [4.69, 9.17) is 16.3 Å². The van der Waals surface area contributed by atoms with Crippen LogP contribution in [0.3, 0.4) is 0 Å². The fourth-order valence-electron chi connectivity index (χ4n) is 2.18. The molecule has 0 aliphatic carbocycles. The second-order valence-electron chi connectivity index (χ2n) is 4.79. The molecule has 2 unspecified atom stereocenters. The number of hydrogen-bond acceptors (Lipinski definition) is 3. The lowest BCUT2D eigenvalue weighted by atomic mass is 10.1. The first kappa shape index (κ1) is 16.4. The minimum atomic E-state index is -0.443. The molecule has 1 aromatic carbocycles. The van der Waals surface area contributed by atoms with Crippen LogP contribution in [-0.4, -0.2) is 42.9 Å². The summed E-state index contributed by atoms with van der Waals surface area (Å²) in [7, 11) is 1.72. The Labute approximate surface area is 121 Å². The monoisotopic (exact) mass is 285 g/mol. The van der Waals surface area contributed by atoms with Gasteiger partial charge in [-0.05, 0) is 37.6 Å². The van der Waals surface area contributed by atoms with E-state index in [0.29, 0.717) is 24.1 Å². The molecule has 0 bridgehead atoms. The highest BCUT2D eigenvalue weighted by molar-refractivity contribution is 6.30. The number of ether oxygens (including phenoxy) is 1. The SMILES string of the molecule is CCN(CCC(O)c1ccc(Cl)cc1)C(C)COC. The van der Waals surface area contributed by atoms with E-state index in [1.54, 1.807) is 7.11 Å². The molecule has 0 aromatic heterocycles. The number of hydrogen-bond donors (Lipinski definition) is 1. The molecule has 4 heteroatoms. The van der Waals surface area contributed by atoms with Crippen molar-refractivity contribution >= 4 is 11.6 Å². The third-order valence-electron chi connectivity index (χ3n) is 3.38. The maximum Gasteiger partial charge on any atom is 0.0802 e. The molecule has 0 fully saturated rings. The average Bonchev–Trinajstić information content (AvgIpc) is 2.40. The van der Waals surface area contributed by atoms with Crippen LogP contribution in [0.25, 0.3) is 0 Å². The van der Waals surface area contributed by atoms with Gasteiger partial charge in [0, 0.05) is 24.7 Å². The largest absolute Gasteiger partial charge is 0.388 e. The summed E-state index contributed by atoms with van der Waals surface area (Å²) in [6, 6.07) is 7.74. The van der Waals surface area contributed by atoms with Gasteiger partial charge in [-0.1, -0.05) is 30.7 Å². The summed E-state index contributed by atoms with van der Waals surface area (Å²) >= 11 is 5.84. The summed E-state index contributed by atoms with van der Waals surface area (Å²) in [6.45, 7) is 6.79. The normalized spacial score (nSPS) is 14.6. The molecule has 0 saturated heterocycles. The summed E-state index contributed by atoms with van der Waals surface area (Å²) in [5.41, 5.74) is 0.917. The second-order valence-corrected chi connectivity index (χ2v) is 5.23. The number of nitrogens with zero attached hydrogens (tertiary/aromatic N) is 1. The first-order chi connectivity index (χ1) is 9.08.